The molecule has 0 spiro atoms. The molecule has 0 saturated carbocycles. The molecular weight excluding hydrogens is 324 g/mol. The van der Waals surface area contributed by atoms with E-state index in [1.54, 1.807) is 54.0 Å². The summed E-state index contributed by atoms with van der Waals surface area (Å²) < 4.78 is 20.9. The predicted octanol–water partition coefficient (Wildman–Crippen LogP) is 1.27. The molecule has 25 heavy (non-hydrogen) atoms. The van der Waals surface area contributed by atoms with Gasteiger partial charge < -0.3 is 14.2 Å². The summed E-state index contributed by atoms with van der Waals surface area (Å²) in [5.41, 5.74) is 2.92. The Bertz CT molecular complexity index is 688. The minimum atomic E-state index is -0.373. The highest BCUT2D eigenvalue weighted by atomic mass is 16.5. The van der Waals surface area contributed by atoms with Crippen LogP contribution in [-0.4, -0.2) is 50.7 Å². The fraction of sp³-hybridized carbons (Fsp3) is 0.438. The van der Waals surface area contributed by atoms with Gasteiger partial charge in [-0.15, -0.1) is 0 Å². The molecule has 0 unspecified atom stereocenters. The maximum Gasteiger partial charge on any atom is 0.238 e. The molecule has 9 heteroatoms. The van der Waals surface area contributed by atoms with Gasteiger partial charge in [0.1, 0.15) is 0 Å². The quantitative estimate of drug-likeness (QED) is 0.580. The maximum absolute atomic E-state index is 5.17. The Morgan fingerprint density at radius 2 is 1.00 bits per heavy atom. The Labute approximate surface area is 145 Å². The van der Waals surface area contributed by atoms with Crippen molar-refractivity contribution in [2.45, 2.75) is 26.1 Å². The first-order valence-electron chi connectivity index (χ1n) is 7.81. The molecule has 0 aromatic carbocycles. The molecular formula is C16H22N6O3. The van der Waals surface area contributed by atoms with E-state index in [4.69, 9.17) is 14.2 Å². The first-order valence-corrected chi connectivity index (χ1v) is 7.81. The van der Waals surface area contributed by atoms with E-state index in [2.05, 4.69) is 15.3 Å². The summed E-state index contributed by atoms with van der Waals surface area (Å²) >= 11 is 0. The highest BCUT2D eigenvalue weighted by molar-refractivity contribution is 5.08. The zero-order valence-corrected chi connectivity index (χ0v) is 14.6. The van der Waals surface area contributed by atoms with Crippen LogP contribution in [0.3, 0.4) is 0 Å². The molecule has 0 aliphatic heterocycles. The van der Waals surface area contributed by atoms with Crippen molar-refractivity contribution < 1.29 is 14.2 Å². The fourth-order valence-corrected chi connectivity index (χ4v) is 2.60. The number of ether oxygens (including phenoxy) is 3. The number of nitrogens with zero attached hydrogens (tertiary/aromatic N) is 6. The molecule has 0 radical (unpaired) electrons. The minimum Gasteiger partial charge on any atom is -0.380 e. The molecule has 0 N–H and O–H groups in total. The first kappa shape index (κ1) is 17.3. The maximum atomic E-state index is 5.17. The smallest absolute Gasteiger partial charge is 0.238 e. The van der Waals surface area contributed by atoms with E-state index < -0.39 is 0 Å². The monoisotopic (exact) mass is 346 g/mol. The highest BCUT2D eigenvalue weighted by Crippen LogP contribution is 2.15. The summed E-state index contributed by atoms with van der Waals surface area (Å²) in [6, 6.07) is 0. The van der Waals surface area contributed by atoms with Crippen molar-refractivity contribution in [3.05, 3.63) is 53.9 Å². The predicted molar refractivity (Wildman–Crippen MR) is 88.7 cm³/mol. The zero-order valence-electron chi connectivity index (χ0n) is 14.6. The van der Waals surface area contributed by atoms with Crippen molar-refractivity contribution in [2.75, 3.05) is 21.3 Å². The second kappa shape index (κ2) is 8.06. The molecule has 0 bridgehead atoms. The Balaban J connectivity index is 1.96. The molecule has 3 rings (SSSR count). The molecule has 3 aromatic heterocycles. The summed E-state index contributed by atoms with van der Waals surface area (Å²) in [5, 5.41) is 13.4. The van der Waals surface area contributed by atoms with E-state index in [0.29, 0.717) is 19.8 Å². The molecule has 0 atom stereocenters. The second-order valence-electron chi connectivity index (χ2n) is 5.63. The molecule has 0 aliphatic rings. The molecule has 3 aromatic rings. The molecule has 0 saturated heterocycles. The lowest BCUT2D eigenvalue weighted by Crippen LogP contribution is -2.27. The van der Waals surface area contributed by atoms with Crippen molar-refractivity contribution in [1.82, 2.24) is 29.3 Å². The van der Waals surface area contributed by atoms with Gasteiger partial charge in [0.2, 0.25) is 6.29 Å². The minimum absolute atomic E-state index is 0.373. The topological polar surface area (TPSA) is 81.2 Å². The van der Waals surface area contributed by atoms with Crippen molar-refractivity contribution >= 4 is 0 Å². The standard InChI is InChI=1S/C16H22N6O3/c1-23-10-13-4-17-20(7-13)16(21-8-14(5-18-21)11-24-2)22-9-15(6-19-22)12-25-3/h4-9,16H,10-12H2,1-3H3. The number of aromatic nitrogens is 6. The third-order valence-electron chi connectivity index (χ3n) is 3.61. The van der Waals surface area contributed by atoms with Gasteiger partial charge in [0.25, 0.3) is 0 Å². The van der Waals surface area contributed by atoms with E-state index in [1.807, 2.05) is 18.6 Å². The zero-order chi connectivity index (χ0) is 17.6. The molecule has 134 valence electrons. The lowest BCUT2D eigenvalue weighted by Gasteiger charge is -2.18. The van der Waals surface area contributed by atoms with Crippen LogP contribution in [0.2, 0.25) is 0 Å². The number of methoxy groups -OCH3 is 3. The molecule has 0 amide bonds. The molecule has 0 fully saturated rings. The van der Waals surface area contributed by atoms with E-state index in [1.165, 1.54) is 0 Å². The summed E-state index contributed by atoms with van der Waals surface area (Å²) in [6.07, 6.45) is 10.7. The number of rotatable bonds is 9. The van der Waals surface area contributed by atoms with E-state index in [9.17, 15) is 0 Å². The largest absolute Gasteiger partial charge is 0.380 e. The van der Waals surface area contributed by atoms with Gasteiger partial charge in [-0.3, -0.25) is 0 Å². The van der Waals surface area contributed by atoms with E-state index >= 15 is 0 Å². The Hall–Kier alpha value is -2.49. The summed E-state index contributed by atoms with van der Waals surface area (Å²) in [5.74, 6) is 0. The van der Waals surface area contributed by atoms with Crippen LogP contribution in [0.25, 0.3) is 0 Å². The van der Waals surface area contributed by atoms with E-state index in [-0.39, 0.29) is 6.29 Å². The van der Waals surface area contributed by atoms with Gasteiger partial charge in [-0.25, -0.2) is 14.0 Å². The van der Waals surface area contributed by atoms with Gasteiger partial charge in [-0.2, -0.15) is 15.3 Å². The van der Waals surface area contributed by atoms with Crippen LogP contribution in [0.1, 0.15) is 23.0 Å². The van der Waals surface area contributed by atoms with Crippen molar-refractivity contribution in [2.24, 2.45) is 0 Å². The van der Waals surface area contributed by atoms with Gasteiger partial charge in [0, 0.05) is 56.6 Å². The van der Waals surface area contributed by atoms with Crippen LogP contribution >= 0.6 is 0 Å². The van der Waals surface area contributed by atoms with Crippen LogP contribution in [0, 0.1) is 0 Å². The fourth-order valence-electron chi connectivity index (χ4n) is 2.60. The number of hydrogen-bond acceptors (Lipinski definition) is 6. The summed E-state index contributed by atoms with van der Waals surface area (Å²) in [7, 11) is 4.97. The third kappa shape index (κ3) is 3.95. The third-order valence-corrected chi connectivity index (χ3v) is 3.61. The van der Waals surface area contributed by atoms with Gasteiger partial charge in [0.15, 0.2) is 0 Å². The van der Waals surface area contributed by atoms with Crippen LogP contribution in [-0.2, 0) is 34.0 Å². The van der Waals surface area contributed by atoms with Crippen LogP contribution < -0.4 is 0 Å². The van der Waals surface area contributed by atoms with E-state index in [0.717, 1.165) is 16.7 Å². The first-order chi connectivity index (χ1) is 12.2. The Morgan fingerprint density at radius 3 is 1.28 bits per heavy atom. The number of hydrogen-bond donors (Lipinski definition) is 0. The van der Waals surface area contributed by atoms with Gasteiger partial charge >= 0.3 is 0 Å². The molecule has 3 heterocycles. The summed E-state index contributed by atoms with van der Waals surface area (Å²) in [4.78, 5) is 0. The molecule has 0 aliphatic carbocycles. The average Bonchev–Trinajstić information content (AvgIpc) is 3.32. The second-order valence-corrected chi connectivity index (χ2v) is 5.63. The average molecular weight is 346 g/mol. The van der Waals surface area contributed by atoms with Gasteiger partial charge in [0.05, 0.1) is 38.4 Å². The van der Waals surface area contributed by atoms with Crippen LogP contribution in [0.4, 0.5) is 0 Å². The van der Waals surface area contributed by atoms with Gasteiger partial charge in [-0.1, -0.05) is 0 Å². The van der Waals surface area contributed by atoms with Crippen LogP contribution in [0.15, 0.2) is 37.2 Å². The van der Waals surface area contributed by atoms with Crippen molar-refractivity contribution in [3.8, 4) is 0 Å². The normalized spacial score (nSPS) is 11.5. The van der Waals surface area contributed by atoms with Crippen LogP contribution in [0.5, 0.6) is 0 Å². The SMILES string of the molecule is COCc1cnn(C(n2cc(COC)cn2)n2cc(COC)cn2)c1. The van der Waals surface area contributed by atoms with Gasteiger partial charge in [-0.05, 0) is 0 Å². The Morgan fingerprint density at radius 1 is 0.680 bits per heavy atom. The lowest BCUT2D eigenvalue weighted by molar-refractivity contribution is 0.183. The summed E-state index contributed by atoms with van der Waals surface area (Å²) in [6.45, 7) is 1.48. The van der Waals surface area contributed by atoms with Crippen molar-refractivity contribution in [1.29, 1.82) is 0 Å². The lowest BCUT2D eigenvalue weighted by atomic mass is 10.4. The molecule has 9 nitrogen and oxygen atoms in total. The van der Waals surface area contributed by atoms with Crippen molar-refractivity contribution in [3.63, 3.8) is 0 Å². The highest BCUT2D eigenvalue weighted by Gasteiger charge is 2.19. The Kier molecular flexibility index (Phi) is 5.59.